The van der Waals surface area contributed by atoms with Gasteiger partial charge in [0.05, 0.1) is 18.9 Å². The average Bonchev–Trinajstić information content (AvgIpc) is 3.47. The Morgan fingerprint density at radius 2 is 1.85 bits per heavy atom. The zero-order chi connectivity index (χ0) is 23.8. The molecule has 2 aliphatic heterocycles. The summed E-state index contributed by atoms with van der Waals surface area (Å²) in [6, 6.07) is 3.69. The second kappa shape index (κ2) is 11.3. The quantitative estimate of drug-likeness (QED) is 0.679. The fraction of sp³-hybridized carbons (Fsp3) is 0.600. The molecular formula is C20H27F3N6O4. The maximum Gasteiger partial charge on any atom is 0.490 e. The van der Waals surface area contributed by atoms with E-state index in [-0.39, 0.29) is 5.91 Å². The monoisotopic (exact) mass is 472 g/mol. The average molecular weight is 472 g/mol. The van der Waals surface area contributed by atoms with Crippen LogP contribution < -0.4 is 0 Å². The van der Waals surface area contributed by atoms with Crippen LogP contribution in [-0.4, -0.2) is 92.3 Å². The van der Waals surface area contributed by atoms with Gasteiger partial charge >= 0.3 is 12.1 Å². The van der Waals surface area contributed by atoms with Crippen molar-refractivity contribution in [2.24, 2.45) is 5.92 Å². The van der Waals surface area contributed by atoms with Gasteiger partial charge in [-0.3, -0.25) is 14.4 Å². The van der Waals surface area contributed by atoms with E-state index < -0.39 is 12.1 Å². The lowest BCUT2D eigenvalue weighted by molar-refractivity contribution is -0.192. The molecule has 10 nitrogen and oxygen atoms in total. The van der Waals surface area contributed by atoms with Gasteiger partial charge in [-0.05, 0) is 30.9 Å². The van der Waals surface area contributed by atoms with Gasteiger partial charge in [-0.25, -0.2) is 4.79 Å². The van der Waals surface area contributed by atoms with Crippen molar-refractivity contribution in [2.75, 3.05) is 39.4 Å². The van der Waals surface area contributed by atoms with Crippen molar-refractivity contribution in [2.45, 2.75) is 32.1 Å². The molecule has 0 radical (unpaired) electrons. The van der Waals surface area contributed by atoms with Crippen molar-refractivity contribution in [1.82, 2.24) is 29.8 Å². The van der Waals surface area contributed by atoms with Crippen LogP contribution in [0.2, 0.25) is 0 Å². The number of aromatic nitrogens is 4. The first-order valence-corrected chi connectivity index (χ1v) is 10.6. The predicted octanol–water partition coefficient (Wildman–Crippen LogP) is 1.62. The summed E-state index contributed by atoms with van der Waals surface area (Å²) in [6.07, 6.45) is 0.779. The standard InChI is InChI=1S/C18H26N6O2.C2HF3O2/c25-18(17-2-1-5-19-17)23-6-3-15(4-7-23)12-24-14-16(20-21-24)13-22-8-10-26-11-9-22;3-2(4,5)1(6)7/h1-2,5,14-15,19H,3-4,6-13H2;(H,6,7). The van der Waals surface area contributed by atoms with E-state index in [0.717, 1.165) is 71.0 Å². The number of halogens is 3. The topological polar surface area (TPSA) is 117 Å². The van der Waals surface area contributed by atoms with E-state index in [1.807, 2.05) is 21.7 Å². The molecule has 4 rings (SSSR count). The van der Waals surface area contributed by atoms with Gasteiger partial charge in [0.25, 0.3) is 5.91 Å². The second-order valence-electron chi connectivity index (χ2n) is 7.94. The number of hydrogen-bond acceptors (Lipinski definition) is 6. The summed E-state index contributed by atoms with van der Waals surface area (Å²) in [5, 5.41) is 15.7. The lowest BCUT2D eigenvalue weighted by Gasteiger charge is -2.31. The molecule has 2 aromatic heterocycles. The third-order valence-corrected chi connectivity index (χ3v) is 5.49. The van der Waals surface area contributed by atoms with Crippen LogP contribution in [0, 0.1) is 5.92 Å². The van der Waals surface area contributed by atoms with Gasteiger partial charge in [0.1, 0.15) is 5.69 Å². The highest BCUT2D eigenvalue weighted by molar-refractivity contribution is 5.92. The number of carbonyl (C=O) groups is 2. The number of nitrogens with zero attached hydrogens (tertiary/aromatic N) is 5. The number of ether oxygens (including phenoxy) is 1. The molecule has 13 heteroatoms. The van der Waals surface area contributed by atoms with Crippen molar-refractivity contribution in [3.63, 3.8) is 0 Å². The number of carboxylic acid groups (broad SMARTS) is 1. The SMILES string of the molecule is O=C(O)C(F)(F)F.O=C(c1ccc[nH]1)N1CCC(Cn2cc(CN3CCOCC3)nn2)CC1. The van der Waals surface area contributed by atoms with E-state index in [1.54, 1.807) is 6.20 Å². The van der Waals surface area contributed by atoms with Crippen LogP contribution in [-0.2, 0) is 22.6 Å². The zero-order valence-corrected chi connectivity index (χ0v) is 18.0. The highest BCUT2D eigenvalue weighted by Crippen LogP contribution is 2.20. The number of carbonyl (C=O) groups excluding carboxylic acids is 1. The van der Waals surface area contributed by atoms with E-state index in [1.165, 1.54) is 0 Å². The second-order valence-corrected chi connectivity index (χ2v) is 7.94. The van der Waals surface area contributed by atoms with E-state index in [4.69, 9.17) is 14.6 Å². The van der Waals surface area contributed by atoms with Gasteiger partial charge in [-0.1, -0.05) is 5.21 Å². The largest absolute Gasteiger partial charge is 0.490 e. The van der Waals surface area contributed by atoms with Gasteiger partial charge in [-0.15, -0.1) is 5.10 Å². The molecule has 0 unspecified atom stereocenters. The van der Waals surface area contributed by atoms with Crippen molar-refractivity contribution in [1.29, 1.82) is 0 Å². The lowest BCUT2D eigenvalue weighted by atomic mass is 9.96. The fourth-order valence-electron chi connectivity index (χ4n) is 3.71. The Morgan fingerprint density at radius 1 is 1.18 bits per heavy atom. The van der Waals surface area contributed by atoms with E-state index in [9.17, 15) is 18.0 Å². The molecule has 0 saturated carbocycles. The number of rotatable bonds is 5. The number of amides is 1. The number of aromatic amines is 1. The summed E-state index contributed by atoms with van der Waals surface area (Å²) < 4.78 is 39.1. The molecule has 1 amide bonds. The smallest absolute Gasteiger partial charge is 0.475 e. The minimum Gasteiger partial charge on any atom is -0.475 e. The van der Waals surface area contributed by atoms with Crippen LogP contribution in [0.5, 0.6) is 0 Å². The Morgan fingerprint density at radius 3 is 2.42 bits per heavy atom. The van der Waals surface area contributed by atoms with Crippen LogP contribution in [0.15, 0.2) is 24.5 Å². The fourth-order valence-corrected chi connectivity index (χ4v) is 3.71. The number of aliphatic carboxylic acids is 1. The normalized spacial score (nSPS) is 18.0. The van der Waals surface area contributed by atoms with Gasteiger partial charge in [-0.2, -0.15) is 13.2 Å². The van der Waals surface area contributed by atoms with Gasteiger partial charge in [0, 0.05) is 51.7 Å². The summed E-state index contributed by atoms with van der Waals surface area (Å²) in [5.41, 5.74) is 1.69. The van der Waals surface area contributed by atoms with Gasteiger partial charge < -0.3 is 19.7 Å². The molecule has 0 aliphatic carbocycles. The first-order valence-electron chi connectivity index (χ1n) is 10.6. The minimum atomic E-state index is -5.08. The Labute approximate surface area is 188 Å². The first kappa shape index (κ1) is 24.7. The number of morpholine rings is 1. The number of H-pyrrole nitrogens is 1. The molecule has 33 heavy (non-hydrogen) atoms. The van der Waals surface area contributed by atoms with Crippen molar-refractivity contribution < 1.29 is 32.6 Å². The molecular weight excluding hydrogens is 445 g/mol. The van der Waals surface area contributed by atoms with E-state index in [0.29, 0.717) is 11.6 Å². The number of likely N-dealkylation sites (tertiary alicyclic amines) is 1. The summed E-state index contributed by atoms with van der Waals surface area (Å²) >= 11 is 0. The first-order chi connectivity index (χ1) is 15.7. The molecule has 2 aliphatic rings. The van der Waals surface area contributed by atoms with E-state index in [2.05, 4.69) is 26.4 Å². The summed E-state index contributed by atoms with van der Waals surface area (Å²) in [7, 11) is 0. The Bertz CT molecular complexity index is 888. The van der Waals surface area contributed by atoms with Crippen LogP contribution in [0.4, 0.5) is 13.2 Å². The van der Waals surface area contributed by atoms with E-state index >= 15 is 0 Å². The summed E-state index contributed by atoms with van der Waals surface area (Å²) in [5.74, 6) is -2.12. The molecule has 2 saturated heterocycles. The molecule has 2 fully saturated rings. The third kappa shape index (κ3) is 7.56. The van der Waals surface area contributed by atoms with Crippen LogP contribution >= 0.6 is 0 Å². The maximum atomic E-state index is 12.4. The Kier molecular flexibility index (Phi) is 8.44. The molecule has 4 heterocycles. The number of alkyl halides is 3. The Hall–Kier alpha value is -2.93. The van der Waals surface area contributed by atoms with Crippen LogP contribution in [0.25, 0.3) is 0 Å². The van der Waals surface area contributed by atoms with Crippen molar-refractivity contribution in [3.05, 3.63) is 35.9 Å². The predicted molar refractivity (Wildman–Crippen MR) is 109 cm³/mol. The minimum absolute atomic E-state index is 0.0991. The molecule has 182 valence electrons. The number of carboxylic acids is 1. The maximum absolute atomic E-state index is 12.4. The number of nitrogens with one attached hydrogen (secondary N) is 1. The lowest BCUT2D eigenvalue weighted by Crippen LogP contribution is -2.39. The van der Waals surface area contributed by atoms with Crippen LogP contribution in [0.1, 0.15) is 29.0 Å². The third-order valence-electron chi connectivity index (χ3n) is 5.49. The van der Waals surface area contributed by atoms with Gasteiger partial charge in [0.2, 0.25) is 0 Å². The summed E-state index contributed by atoms with van der Waals surface area (Å²) in [6.45, 7) is 6.84. The molecule has 0 atom stereocenters. The van der Waals surface area contributed by atoms with Crippen molar-refractivity contribution in [3.8, 4) is 0 Å². The molecule has 2 N–H and O–H groups in total. The number of piperidine rings is 1. The number of hydrogen-bond donors (Lipinski definition) is 2. The van der Waals surface area contributed by atoms with Gasteiger partial charge in [0.15, 0.2) is 0 Å². The highest BCUT2D eigenvalue weighted by atomic mass is 19.4. The summed E-state index contributed by atoms with van der Waals surface area (Å²) in [4.78, 5) is 28.6. The molecule has 0 aromatic carbocycles. The molecule has 0 spiro atoms. The molecule has 2 aromatic rings. The highest BCUT2D eigenvalue weighted by Gasteiger charge is 2.38. The molecule has 0 bridgehead atoms. The van der Waals surface area contributed by atoms with Crippen LogP contribution in [0.3, 0.4) is 0 Å². The zero-order valence-electron chi connectivity index (χ0n) is 18.0. The Balaban J connectivity index is 0.000000383. The van der Waals surface area contributed by atoms with Crippen molar-refractivity contribution >= 4 is 11.9 Å².